The van der Waals surface area contributed by atoms with Gasteiger partial charge in [-0.15, -0.1) is 0 Å². The molecule has 1 N–H and O–H groups in total. The number of nitrogens with zero attached hydrogens (tertiary/aromatic N) is 1. The molecule has 3 heteroatoms. The van der Waals surface area contributed by atoms with E-state index in [4.69, 9.17) is 0 Å². The molecular weight excluding hydrogens is 188 g/mol. The SMILES string of the molecule is CCN(CC)C(=O)C1(C(C)C)CCNC1. The van der Waals surface area contributed by atoms with Crippen LogP contribution >= 0.6 is 0 Å². The average Bonchev–Trinajstić information content (AvgIpc) is 2.69. The maximum absolute atomic E-state index is 12.5. The first-order chi connectivity index (χ1) is 7.08. The van der Waals surface area contributed by atoms with Crippen molar-refractivity contribution < 1.29 is 4.79 Å². The lowest BCUT2D eigenvalue weighted by Crippen LogP contribution is -2.48. The Morgan fingerprint density at radius 1 is 1.40 bits per heavy atom. The lowest BCUT2D eigenvalue weighted by Gasteiger charge is -2.36. The molecule has 0 aromatic rings. The molecule has 0 aliphatic carbocycles. The third kappa shape index (κ3) is 2.17. The molecule has 15 heavy (non-hydrogen) atoms. The topological polar surface area (TPSA) is 32.3 Å². The smallest absolute Gasteiger partial charge is 0.230 e. The number of nitrogens with one attached hydrogen (secondary N) is 1. The summed E-state index contributed by atoms with van der Waals surface area (Å²) in [5.74, 6) is 0.758. The van der Waals surface area contributed by atoms with Gasteiger partial charge < -0.3 is 10.2 Å². The van der Waals surface area contributed by atoms with E-state index < -0.39 is 0 Å². The van der Waals surface area contributed by atoms with Gasteiger partial charge in [0.2, 0.25) is 5.91 Å². The van der Waals surface area contributed by atoms with E-state index in [-0.39, 0.29) is 5.41 Å². The summed E-state index contributed by atoms with van der Waals surface area (Å²) < 4.78 is 0. The summed E-state index contributed by atoms with van der Waals surface area (Å²) in [5, 5.41) is 3.33. The highest BCUT2D eigenvalue weighted by Crippen LogP contribution is 2.36. The van der Waals surface area contributed by atoms with Gasteiger partial charge in [-0.2, -0.15) is 0 Å². The summed E-state index contributed by atoms with van der Waals surface area (Å²) in [6.07, 6.45) is 0.986. The molecule has 0 bridgehead atoms. The minimum atomic E-state index is -0.147. The monoisotopic (exact) mass is 212 g/mol. The van der Waals surface area contributed by atoms with Crippen molar-refractivity contribution in [3.63, 3.8) is 0 Å². The fraction of sp³-hybridized carbons (Fsp3) is 0.917. The van der Waals surface area contributed by atoms with Crippen molar-refractivity contribution in [2.24, 2.45) is 11.3 Å². The van der Waals surface area contributed by atoms with Gasteiger partial charge in [0.1, 0.15) is 0 Å². The Bertz CT molecular complexity index is 216. The summed E-state index contributed by atoms with van der Waals surface area (Å²) >= 11 is 0. The van der Waals surface area contributed by atoms with E-state index in [1.54, 1.807) is 0 Å². The number of carbonyl (C=O) groups is 1. The van der Waals surface area contributed by atoms with Crippen molar-refractivity contribution in [2.45, 2.75) is 34.1 Å². The normalized spacial score (nSPS) is 25.9. The molecule has 1 fully saturated rings. The molecule has 1 unspecified atom stereocenters. The van der Waals surface area contributed by atoms with Gasteiger partial charge in [-0.3, -0.25) is 4.79 Å². The number of hydrogen-bond donors (Lipinski definition) is 1. The molecule has 1 atom stereocenters. The molecule has 0 aromatic carbocycles. The van der Waals surface area contributed by atoms with Crippen LogP contribution in [0.1, 0.15) is 34.1 Å². The van der Waals surface area contributed by atoms with Crippen LogP contribution in [0, 0.1) is 11.3 Å². The quantitative estimate of drug-likeness (QED) is 0.766. The Balaban J connectivity index is 2.85. The predicted octanol–water partition coefficient (Wildman–Crippen LogP) is 1.49. The van der Waals surface area contributed by atoms with Crippen molar-refractivity contribution in [2.75, 3.05) is 26.2 Å². The Labute approximate surface area is 93.2 Å². The van der Waals surface area contributed by atoms with Crippen molar-refractivity contribution in [3.05, 3.63) is 0 Å². The van der Waals surface area contributed by atoms with Gasteiger partial charge in [0, 0.05) is 19.6 Å². The van der Waals surface area contributed by atoms with E-state index in [1.165, 1.54) is 0 Å². The van der Waals surface area contributed by atoms with Crippen LogP contribution in [0.4, 0.5) is 0 Å². The van der Waals surface area contributed by atoms with E-state index in [0.717, 1.165) is 32.6 Å². The molecule has 1 saturated heterocycles. The summed E-state index contributed by atoms with van der Waals surface area (Å²) in [6.45, 7) is 11.9. The highest BCUT2D eigenvalue weighted by molar-refractivity contribution is 5.83. The second-order valence-electron chi connectivity index (χ2n) is 4.72. The van der Waals surface area contributed by atoms with Crippen LogP contribution in [0.25, 0.3) is 0 Å². The summed E-state index contributed by atoms with van der Waals surface area (Å²) in [5.41, 5.74) is -0.147. The molecule has 0 aromatic heterocycles. The molecule has 1 heterocycles. The summed E-state index contributed by atoms with van der Waals surface area (Å²) in [7, 11) is 0. The average molecular weight is 212 g/mol. The van der Waals surface area contributed by atoms with Crippen LogP contribution in [0.2, 0.25) is 0 Å². The van der Waals surface area contributed by atoms with Gasteiger partial charge in [0.15, 0.2) is 0 Å². The zero-order valence-corrected chi connectivity index (χ0v) is 10.5. The molecule has 0 spiro atoms. The Morgan fingerprint density at radius 2 is 2.00 bits per heavy atom. The van der Waals surface area contributed by atoms with Crippen molar-refractivity contribution >= 4 is 5.91 Å². The first kappa shape index (κ1) is 12.5. The fourth-order valence-electron chi connectivity index (χ4n) is 2.46. The predicted molar refractivity (Wildman–Crippen MR) is 62.7 cm³/mol. The third-order valence-electron chi connectivity index (χ3n) is 3.77. The number of rotatable bonds is 4. The second-order valence-corrected chi connectivity index (χ2v) is 4.72. The van der Waals surface area contributed by atoms with Crippen molar-refractivity contribution in [1.82, 2.24) is 10.2 Å². The standard InChI is InChI=1S/C12H24N2O/c1-5-14(6-2)11(15)12(10(3)4)7-8-13-9-12/h10,13H,5-9H2,1-4H3. The van der Waals surface area contributed by atoms with Crippen LogP contribution in [-0.4, -0.2) is 37.0 Å². The number of carbonyl (C=O) groups excluding carboxylic acids is 1. The first-order valence-corrected chi connectivity index (χ1v) is 6.08. The molecule has 1 aliphatic heterocycles. The molecular formula is C12H24N2O. The van der Waals surface area contributed by atoms with Crippen LogP contribution in [-0.2, 0) is 4.79 Å². The van der Waals surface area contributed by atoms with Crippen molar-refractivity contribution in [1.29, 1.82) is 0 Å². The van der Waals surface area contributed by atoms with Gasteiger partial charge in [-0.25, -0.2) is 0 Å². The molecule has 1 aliphatic rings. The molecule has 1 rings (SSSR count). The van der Waals surface area contributed by atoms with Gasteiger partial charge in [-0.1, -0.05) is 13.8 Å². The van der Waals surface area contributed by atoms with Gasteiger partial charge in [0.05, 0.1) is 5.41 Å². The Morgan fingerprint density at radius 3 is 2.33 bits per heavy atom. The fourth-order valence-corrected chi connectivity index (χ4v) is 2.46. The minimum Gasteiger partial charge on any atom is -0.343 e. The number of hydrogen-bond acceptors (Lipinski definition) is 2. The summed E-state index contributed by atoms with van der Waals surface area (Å²) in [4.78, 5) is 14.4. The molecule has 3 nitrogen and oxygen atoms in total. The zero-order chi connectivity index (χ0) is 11.5. The molecule has 88 valence electrons. The van der Waals surface area contributed by atoms with Gasteiger partial charge in [-0.05, 0) is 32.7 Å². The zero-order valence-electron chi connectivity index (χ0n) is 10.5. The highest BCUT2D eigenvalue weighted by Gasteiger charge is 2.45. The van der Waals surface area contributed by atoms with E-state index in [9.17, 15) is 4.79 Å². The van der Waals surface area contributed by atoms with Crippen LogP contribution in [0.3, 0.4) is 0 Å². The molecule has 1 amide bonds. The summed E-state index contributed by atoms with van der Waals surface area (Å²) in [6, 6.07) is 0. The van der Waals surface area contributed by atoms with Gasteiger partial charge in [0.25, 0.3) is 0 Å². The molecule has 0 saturated carbocycles. The maximum atomic E-state index is 12.5. The maximum Gasteiger partial charge on any atom is 0.230 e. The van der Waals surface area contributed by atoms with Crippen molar-refractivity contribution in [3.8, 4) is 0 Å². The highest BCUT2D eigenvalue weighted by atomic mass is 16.2. The van der Waals surface area contributed by atoms with E-state index >= 15 is 0 Å². The largest absolute Gasteiger partial charge is 0.343 e. The van der Waals surface area contributed by atoms with E-state index in [0.29, 0.717) is 11.8 Å². The van der Waals surface area contributed by atoms with E-state index in [2.05, 4.69) is 33.0 Å². The Hall–Kier alpha value is -0.570. The minimum absolute atomic E-state index is 0.147. The third-order valence-corrected chi connectivity index (χ3v) is 3.77. The van der Waals surface area contributed by atoms with Crippen LogP contribution in [0.5, 0.6) is 0 Å². The first-order valence-electron chi connectivity index (χ1n) is 6.08. The van der Waals surface area contributed by atoms with Crippen LogP contribution in [0.15, 0.2) is 0 Å². The van der Waals surface area contributed by atoms with E-state index in [1.807, 2.05) is 4.90 Å². The number of amides is 1. The molecule has 0 radical (unpaired) electrons. The lowest BCUT2D eigenvalue weighted by molar-refractivity contribution is -0.143. The van der Waals surface area contributed by atoms with Crippen LogP contribution < -0.4 is 5.32 Å². The lowest BCUT2D eigenvalue weighted by atomic mass is 9.75. The Kier molecular flexibility index (Phi) is 4.14. The van der Waals surface area contributed by atoms with Gasteiger partial charge >= 0.3 is 0 Å². The second kappa shape index (κ2) is 4.97.